The van der Waals surface area contributed by atoms with Crippen molar-refractivity contribution in [2.45, 2.75) is 32.2 Å². The van der Waals surface area contributed by atoms with Crippen LogP contribution in [0, 0.1) is 17.8 Å². The monoisotopic (exact) mass is 287 g/mol. The molecule has 0 saturated heterocycles. The van der Waals surface area contributed by atoms with Crippen LogP contribution in [-0.2, 0) is 16.1 Å². The van der Waals surface area contributed by atoms with Crippen LogP contribution in [0.25, 0.3) is 0 Å². The number of fused-ring (bicyclic) bond motifs is 1. The lowest BCUT2D eigenvalue weighted by Gasteiger charge is -2.21. The lowest BCUT2D eigenvalue weighted by Crippen LogP contribution is -2.36. The number of nitrogens with zero attached hydrogens (tertiary/aromatic N) is 1. The quantitative estimate of drug-likeness (QED) is 0.905. The van der Waals surface area contributed by atoms with Crippen LogP contribution in [0.2, 0.25) is 0 Å². The maximum absolute atomic E-state index is 12.7. The maximum atomic E-state index is 12.7. The molecule has 21 heavy (non-hydrogen) atoms. The third-order valence-electron chi connectivity index (χ3n) is 4.80. The normalized spacial score (nSPS) is 26.8. The number of hydrogen-bond acceptors (Lipinski definition) is 2. The third-order valence-corrected chi connectivity index (χ3v) is 4.80. The predicted molar refractivity (Wildman–Crippen MR) is 78.4 cm³/mol. The third kappa shape index (κ3) is 3.09. The predicted octanol–water partition coefficient (Wildman–Crippen LogP) is 2.54. The summed E-state index contributed by atoms with van der Waals surface area (Å²) in [4.78, 5) is 25.3. The summed E-state index contributed by atoms with van der Waals surface area (Å²) >= 11 is 0. The molecule has 4 heteroatoms. The summed E-state index contributed by atoms with van der Waals surface area (Å²) in [7, 11) is 0. The molecule has 0 aromatic heterocycles. The molecule has 2 saturated carbocycles. The highest BCUT2D eigenvalue weighted by atomic mass is 16.4. The molecule has 0 aliphatic heterocycles. The van der Waals surface area contributed by atoms with Crippen LogP contribution in [0.3, 0.4) is 0 Å². The topological polar surface area (TPSA) is 57.6 Å². The Kier molecular flexibility index (Phi) is 3.95. The molecule has 0 spiro atoms. The first-order chi connectivity index (χ1) is 10.2. The van der Waals surface area contributed by atoms with Gasteiger partial charge >= 0.3 is 5.97 Å². The summed E-state index contributed by atoms with van der Waals surface area (Å²) in [6.07, 6.45) is 4.69. The molecule has 0 radical (unpaired) electrons. The number of benzene rings is 1. The lowest BCUT2D eigenvalue weighted by atomic mass is 10.0. The number of rotatable bonds is 5. The fraction of sp³-hybridized carbons (Fsp3) is 0.529. The van der Waals surface area contributed by atoms with Crippen LogP contribution in [0.5, 0.6) is 0 Å². The standard InChI is InChI=1S/C17H21NO3/c19-15(20)11-18(10-12-6-2-1-3-7-12)17(21)16-13-8-4-5-9-14(13)16/h1-3,6-7,13-14,16H,4-5,8-11H2,(H,19,20). The van der Waals surface area contributed by atoms with E-state index in [0.29, 0.717) is 18.4 Å². The molecule has 2 unspecified atom stereocenters. The largest absolute Gasteiger partial charge is 0.480 e. The van der Waals surface area contributed by atoms with Gasteiger partial charge in [0, 0.05) is 12.5 Å². The molecule has 1 aromatic carbocycles. The zero-order chi connectivity index (χ0) is 14.8. The summed E-state index contributed by atoms with van der Waals surface area (Å²) < 4.78 is 0. The van der Waals surface area contributed by atoms with Gasteiger partial charge in [0.2, 0.25) is 5.91 Å². The molecule has 112 valence electrons. The fourth-order valence-corrected chi connectivity index (χ4v) is 3.75. The Morgan fingerprint density at radius 3 is 2.29 bits per heavy atom. The Labute approximate surface area is 124 Å². The minimum Gasteiger partial charge on any atom is -0.480 e. The molecule has 2 atom stereocenters. The van der Waals surface area contributed by atoms with Crippen LogP contribution in [0.4, 0.5) is 0 Å². The minimum atomic E-state index is -0.942. The van der Waals surface area contributed by atoms with E-state index in [-0.39, 0.29) is 18.4 Å². The number of amides is 1. The van der Waals surface area contributed by atoms with Gasteiger partial charge in [0.1, 0.15) is 6.54 Å². The van der Waals surface area contributed by atoms with Crippen LogP contribution < -0.4 is 0 Å². The highest BCUT2D eigenvalue weighted by Gasteiger charge is 2.55. The number of carboxylic acid groups (broad SMARTS) is 1. The van der Waals surface area contributed by atoms with Crippen molar-refractivity contribution < 1.29 is 14.7 Å². The first kappa shape index (κ1) is 14.1. The Bertz CT molecular complexity index is 516. The van der Waals surface area contributed by atoms with Crippen molar-refractivity contribution in [1.82, 2.24) is 4.90 Å². The number of carboxylic acids is 1. The van der Waals surface area contributed by atoms with Gasteiger partial charge in [-0.1, -0.05) is 43.2 Å². The Morgan fingerprint density at radius 2 is 1.71 bits per heavy atom. The summed E-state index contributed by atoms with van der Waals surface area (Å²) in [6.45, 7) is 0.186. The first-order valence-electron chi connectivity index (χ1n) is 7.71. The van der Waals surface area contributed by atoms with Gasteiger partial charge in [0.05, 0.1) is 0 Å². The summed E-state index contributed by atoms with van der Waals surface area (Å²) in [5.41, 5.74) is 0.982. The van der Waals surface area contributed by atoms with Crippen molar-refractivity contribution in [2.24, 2.45) is 17.8 Å². The number of aliphatic carboxylic acids is 1. The molecule has 1 aromatic rings. The van der Waals surface area contributed by atoms with E-state index in [1.165, 1.54) is 17.7 Å². The number of carbonyl (C=O) groups excluding carboxylic acids is 1. The fourth-order valence-electron chi connectivity index (χ4n) is 3.75. The first-order valence-corrected chi connectivity index (χ1v) is 7.71. The molecule has 2 aliphatic carbocycles. The van der Waals surface area contributed by atoms with Crippen molar-refractivity contribution in [3.8, 4) is 0 Å². The highest BCUT2D eigenvalue weighted by Crippen LogP contribution is 2.56. The van der Waals surface area contributed by atoms with Crippen molar-refractivity contribution in [3.05, 3.63) is 35.9 Å². The van der Waals surface area contributed by atoms with Crippen molar-refractivity contribution in [3.63, 3.8) is 0 Å². The molecule has 0 bridgehead atoms. The average Bonchev–Trinajstić information content (AvgIpc) is 3.21. The van der Waals surface area contributed by atoms with Gasteiger partial charge in [0.15, 0.2) is 0 Å². The zero-order valence-electron chi connectivity index (χ0n) is 12.1. The molecular formula is C17H21NO3. The molecular weight excluding hydrogens is 266 g/mol. The summed E-state index contributed by atoms with van der Waals surface area (Å²) in [5, 5.41) is 9.08. The van der Waals surface area contributed by atoms with E-state index in [2.05, 4.69) is 0 Å². The average molecular weight is 287 g/mol. The van der Waals surface area contributed by atoms with E-state index in [1.54, 1.807) is 0 Å². The summed E-state index contributed by atoms with van der Waals surface area (Å²) in [6, 6.07) is 9.61. The SMILES string of the molecule is O=C(O)CN(Cc1ccccc1)C(=O)C1C2CCCCC21. The molecule has 0 heterocycles. The van der Waals surface area contributed by atoms with E-state index in [1.807, 2.05) is 30.3 Å². The van der Waals surface area contributed by atoms with Crippen molar-refractivity contribution in [1.29, 1.82) is 0 Å². The molecule has 2 fully saturated rings. The second-order valence-corrected chi connectivity index (χ2v) is 6.21. The van der Waals surface area contributed by atoms with Gasteiger partial charge in [-0.15, -0.1) is 0 Å². The van der Waals surface area contributed by atoms with E-state index in [9.17, 15) is 9.59 Å². The molecule has 1 amide bonds. The highest BCUT2D eigenvalue weighted by molar-refractivity contribution is 5.85. The van der Waals surface area contributed by atoms with E-state index < -0.39 is 5.97 Å². The zero-order valence-corrected chi connectivity index (χ0v) is 12.1. The molecule has 1 N–H and O–H groups in total. The lowest BCUT2D eigenvalue weighted by molar-refractivity contribution is -0.145. The van der Waals surface area contributed by atoms with Crippen LogP contribution in [0.15, 0.2) is 30.3 Å². The van der Waals surface area contributed by atoms with Gasteiger partial charge in [-0.25, -0.2) is 0 Å². The van der Waals surface area contributed by atoms with Crippen LogP contribution in [-0.4, -0.2) is 28.4 Å². The van der Waals surface area contributed by atoms with Gasteiger partial charge in [-0.05, 0) is 30.2 Å². The number of carbonyl (C=O) groups is 2. The van der Waals surface area contributed by atoms with Crippen LogP contribution in [0.1, 0.15) is 31.2 Å². The number of hydrogen-bond donors (Lipinski definition) is 1. The van der Waals surface area contributed by atoms with Gasteiger partial charge in [-0.3, -0.25) is 9.59 Å². The van der Waals surface area contributed by atoms with Crippen molar-refractivity contribution in [2.75, 3.05) is 6.54 Å². The summed E-state index contributed by atoms with van der Waals surface area (Å²) in [5.74, 6) is 0.202. The smallest absolute Gasteiger partial charge is 0.323 e. The van der Waals surface area contributed by atoms with Gasteiger partial charge in [0.25, 0.3) is 0 Å². The minimum absolute atomic E-state index is 0.0400. The van der Waals surface area contributed by atoms with Gasteiger partial charge in [-0.2, -0.15) is 0 Å². The van der Waals surface area contributed by atoms with Crippen molar-refractivity contribution >= 4 is 11.9 Å². The van der Waals surface area contributed by atoms with Gasteiger partial charge < -0.3 is 10.0 Å². The second kappa shape index (κ2) is 5.88. The Hall–Kier alpha value is -1.84. The Morgan fingerprint density at radius 1 is 1.10 bits per heavy atom. The van der Waals surface area contributed by atoms with Crippen LogP contribution >= 0.6 is 0 Å². The molecule has 3 rings (SSSR count). The van der Waals surface area contributed by atoms with E-state index in [0.717, 1.165) is 18.4 Å². The van der Waals surface area contributed by atoms with E-state index >= 15 is 0 Å². The van der Waals surface area contributed by atoms with E-state index in [4.69, 9.17) is 5.11 Å². The second-order valence-electron chi connectivity index (χ2n) is 6.21. The maximum Gasteiger partial charge on any atom is 0.323 e. The molecule has 4 nitrogen and oxygen atoms in total. The Balaban J connectivity index is 1.70. The molecule has 2 aliphatic rings.